The molecule has 1 aliphatic heterocycles. The van der Waals surface area contributed by atoms with Crippen LogP contribution in [0.15, 0.2) is 22.7 Å². The molecule has 0 radical (unpaired) electrons. The Labute approximate surface area is 125 Å². The lowest BCUT2D eigenvalue weighted by atomic mass is 9.96. The normalized spacial score (nSPS) is 21.3. The van der Waals surface area contributed by atoms with Gasteiger partial charge in [0.2, 0.25) is 0 Å². The lowest BCUT2D eigenvalue weighted by molar-refractivity contribution is 0.271. The van der Waals surface area contributed by atoms with Crippen LogP contribution in [0.5, 0.6) is 0 Å². The Morgan fingerprint density at radius 2 is 2.16 bits per heavy atom. The third-order valence-corrected chi connectivity index (χ3v) is 4.63. The highest BCUT2D eigenvalue weighted by atomic mass is 79.9. The van der Waals surface area contributed by atoms with Gasteiger partial charge in [-0.1, -0.05) is 41.8 Å². The Bertz CT molecular complexity index is 406. The van der Waals surface area contributed by atoms with Crippen LogP contribution in [0.25, 0.3) is 0 Å². The van der Waals surface area contributed by atoms with Crippen molar-refractivity contribution in [3.05, 3.63) is 28.2 Å². The molecular weight excluding hydrogens is 300 g/mol. The smallest absolute Gasteiger partial charge is 0.0371 e. The van der Waals surface area contributed by atoms with Crippen molar-refractivity contribution >= 4 is 21.6 Å². The lowest BCUT2D eigenvalue weighted by Crippen LogP contribution is -2.24. The quantitative estimate of drug-likeness (QED) is 0.830. The number of likely N-dealkylation sites (tertiary alicyclic amines) is 1. The molecule has 1 aromatic rings. The van der Waals surface area contributed by atoms with Crippen LogP contribution >= 0.6 is 15.9 Å². The maximum Gasteiger partial charge on any atom is 0.0371 e. The molecule has 1 unspecified atom stereocenters. The molecule has 1 heterocycles. The van der Waals surface area contributed by atoms with E-state index >= 15 is 0 Å². The van der Waals surface area contributed by atoms with Crippen LogP contribution in [0.3, 0.4) is 0 Å². The van der Waals surface area contributed by atoms with E-state index in [9.17, 15) is 0 Å². The van der Waals surface area contributed by atoms with E-state index in [1.807, 2.05) is 6.07 Å². The van der Waals surface area contributed by atoms with E-state index in [4.69, 9.17) is 5.73 Å². The Balaban J connectivity index is 1.92. The van der Waals surface area contributed by atoms with E-state index in [0.29, 0.717) is 0 Å². The van der Waals surface area contributed by atoms with Crippen molar-refractivity contribution in [3.63, 3.8) is 0 Å². The van der Waals surface area contributed by atoms with Gasteiger partial charge in [-0.3, -0.25) is 4.90 Å². The molecule has 19 heavy (non-hydrogen) atoms. The zero-order valence-electron chi connectivity index (χ0n) is 11.9. The molecule has 0 aliphatic carbocycles. The Morgan fingerprint density at radius 3 is 2.89 bits per heavy atom. The van der Waals surface area contributed by atoms with E-state index in [2.05, 4.69) is 39.9 Å². The number of rotatable bonds is 4. The molecule has 1 saturated heterocycles. The molecule has 1 atom stereocenters. The SMILES string of the molecule is CCCC1CCCN(Cc2ccc(Br)cc2N)CC1. The van der Waals surface area contributed by atoms with Crippen LogP contribution in [-0.2, 0) is 6.54 Å². The summed E-state index contributed by atoms with van der Waals surface area (Å²) in [7, 11) is 0. The van der Waals surface area contributed by atoms with Crippen molar-refractivity contribution in [2.24, 2.45) is 5.92 Å². The Hall–Kier alpha value is -0.540. The average molecular weight is 325 g/mol. The van der Waals surface area contributed by atoms with Gasteiger partial charge in [0.1, 0.15) is 0 Å². The number of nitrogens with zero attached hydrogens (tertiary/aromatic N) is 1. The summed E-state index contributed by atoms with van der Waals surface area (Å²) in [4.78, 5) is 2.56. The van der Waals surface area contributed by atoms with Crippen molar-refractivity contribution in [2.45, 2.75) is 45.6 Å². The van der Waals surface area contributed by atoms with Crippen LogP contribution in [0.2, 0.25) is 0 Å². The number of nitrogen functional groups attached to an aromatic ring is 1. The predicted octanol–water partition coefficient (Wildman–Crippen LogP) is 4.43. The van der Waals surface area contributed by atoms with Crippen LogP contribution in [0.4, 0.5) is 5.69 Å². The summed E-state index contributed by atoms with van der Waals surface area (Å²) in [6.45, 7) is 5.74. The molecule has 2 rings (SSSR count). The fourth-order valence-corrected chi connectivity index (χ4v) is 3.41. The maximum absolute atomic E-state index is 6.10. The highest BCUT2D eigenvalue weighted by Gasteiger charge is 2.17. The van der Waals surface area contributed by atoms with Crippen molar-refractivity contribution in [1.29, 1.82) is 0 Å². The molecule has 2 N–H and O–H groups in total. The molecule has 0 aromatic heterocycles. The fourth-order valence-electron chi connectivity index (χ4n) is 3.03. The molecule has 1 fully saturated rings. The van der Waals surface area contributed by atoms with Crippen molar-refractivity contribution in [2.75, 3.05) is 18.8 Å². The summed E-state index contributed by atoms with van der Waals surface area (Å²) in [5.41, 5.74) is 8.26. The molecule has 0 bridgehead atoms. The molecule has 0 spiro atoms. The average Bonchev–Trinajstić information content (AvgIpc) is 2.59. The highest BCUT2D eigenvalue weighted by molar-refractivity contribution is 9.10. The van der Waals surface area contributed by atoms with Crippen LogP contribution in [0.1, 0.15) is 44.6 Å². The second-order valence-electron chi connectivity index (χ2n) is 5.70. The lowest BCUT2D eigenvalue weighted by Gasteiger charge is -2.21. The fraction of sp³-hybridized carbons (Fsp3) is 0.625. The molecule has 0 saturated carbocycles. The molecule has 106 valence electrons. The predicted molar refractivity (Wildman–Crippen MR) is 86.1 cm³/mol. The third kappa shape index (κ3) is 4.50. The molecule has 1 aliphatic rings. The van der Waals surface area contributed by atoms with Gasteiger partial charge in [-0.25, -0.2) is 0 Å². The first kappa shape index (κ1) is 14.9. The number of nitrogens with two attached hydrogens (primary N) is 1. The van der Waals surface area contributed by atoms with E-state index in [1.165, 1.54) is 50.8 Å². The van der Waals surface area contributed by atoms with Crippen LogP contribution in [0, 0.1) is 5.92 Å². The van der Waals surface area contributed by atoms with Gasteiger partial charge >= 0.3 is 0 Å². The summed E-state index contributed by atoms with van der Waals surface area (Å²) >= 11 is 3.47. The summed E-state index contributed by atoms with van der Waals surface area (Å²) in [6.07, 6.45) is 6.81. The zero-order chi connectivity index (χ0) is 13.7. The Kier molecular flexibility index (Phi) is 5.71. The van der Waals surface area contributed by atoms with Gasteiger partial charge in [0.05, 0.1) is 0 Å². The van der Waals surface area contributed by atoms with Crippen LogP contribution < -0.4 is 5.73 Å². The number of benzene rings is 1. The second-order valence-corrected chi connectivity index (χ2v) is 6.62. The largest absolute Gasteiger partial charge is 0.398 e. The summed E-state index contributed by atoms with van der Waals surface area (Å²) in [5, 5.41) is 0. The zero-order valence-corrected chi connectivity index (χ0v) is 13.5. The first-order valence-electron chi connectivity index (χ1n) is 7.45. The van der Waals surface area contributed by atoms with Gasteiger partial charge in [0.25, 0.3) is 0 Å². The van der Waals surface area contributed by atoms with Crippen LogP contribution in [-0.4, -0.2) is 18.0 Å². The number of anilines is 1. The van der Waals surface area contributed by atoms with Gasteiger partial charge in [-0.05, 0) is 56.0 Å². The minimum atomic E-state index is 0.906. The minimum absolute atomic E-state index is 0.906. The van der Waals surface area contributed by atoms with E-state index in [-0.39, 0.29) is 0 Å². The molecule has 1 aromatic carbocycles. The summed E-state index contributed by atoms with van der Waals surface area (Å²) in [6, 6.07) is 6.24. The second kappa shape index (κ2) is 7.30. The molecule has 0 amide bonds. The minimum Gasteiger partial charge on any atom is -0.398 e. The maximum atomic E-state index is 6.10. The first-order valence-corrected chi connectivity index (χ1v) is 8.24. The van der Waals surface area contributed by atoms with Gasteiger partial charge < -0.3 is 5.73 Å². The molecule has 2 nitrogen and oxygen atoms in total. The van der Waals surface area contributed by atoms with Gasteiger partial charge in [-0.2, -0.15) is 0 Å². The number of halogens is 1. The molecule has 3 heteroatoms. The van der Waals surface area contributed by atoms with E-state index < -0.39 is 0 Å². The molecular formula is C16H25BrN2. The highest BCUT2D eigenvalue weighted by Crippen LogP contribution is 2.25. The standard InChI is InChI=1S/C16H25BrN2/c1-2-4-13-5-3-9-19(10-8-13)12-14-6-7-15(17)11-16(14)18/h6-7,11,13H,2-5,8-10,12,18H2,1H3. The van der Waals surface area contributed by atoms with Gasteiger partial charge in [0.15, 0.2) is 0 Å². The Morgan fingerprint density at radius 1 is 1.32 bits per heavy atom. The van der Waals surface area contributed by atoms with Crippen molar-refractivity contribution in [3.8, 4) is 0 Å². The van der Waals surface area contributed by atoms with E-state index in [1.54, 1.807) is 0 Å². The van der Waals surface area contributed by atoms with Crippen molar-refractivity contribution < 1.29 is 0 Å². The first-order chi connectivity index (χ1) is 9.19. The topological polar surface area (TPSA) is 29.3 Å². The third-order valence-electron chi connectivity index (χ3n) is 4.14. The van der Waals surface area contributed by atoms with Crippen molar-refractivity contribution in [1.82, 2.24) is 4.90 Å². The van der Waals surface area contributed by atoms with Gasteiger partial charge in [-0.15, -0.1) is 0 Å². The number of hydrogen-bond acceptors (Lipinski definition) is 2. The van der Waals surface area contributed by atoms with E-state index in [0.717, 1.165) is 22.6 Å². The monoisotopic (exact) mass is 324 g/mol. The summed E-state index contributed by atoms with van der Waals surface area (Å²) in [5.74, 6) is 0.942. The van der Waals surface area contributed by atoms with Gasteiger partial charge in [0, 0.05) is 16.7 Å². The number of hydrogen-bond donors (Lipinski definition) is 1. The summed E-state index contributed by atoms with van der Waals surface area (Å²) < 4.78 is 1.06.